The van der Waals surface area contributed by atoms with Gasteiger partial charge in [0.15, 0.2) is 0 Å². The van der Waals surface area contributed by atoms with Crippen LogP contribution in [0.25, 0.3) is 10.9 Å². The number of carbonyl (C=O) groups is 2. The van der Waals surface area contributed by atoms with Crippen molar-refractivity contribution in [2.24, 2.45) is 0 Å². The molecule has 1 aromatic heterocycles. The molecule has 2 N–H and O–H groups in total. The highest BCUT2D eigenvalue weighted by Crippen LogP contribution is 2.30. The summed E-state index contributed by atoms with van der Waals surface area (Å²) in [5.74, 6) is -0.335. The van der Waals surface area contributed by atoms with E-state index in [1.54, 1.807) is 0 Å². The van der Waals surface area contributed by atoms with E-state index in [9.17, 15) is 14.4 Å². The minimum atomic E-state index is -0.686. The van der Waals surface area contributed by atoms with E-state index < -0.39 is 11.9 Å². The first-order valence-corrected chi connectivity index (χ1v) is 11.3. The number of aromatic nitrogens is 2. The summed E-state index contributed by atoms with van der Waals surface area (Å²) in [5.41, 5.74) is 3.51. The molecule has 5 rings (SSSR count). The predicted octanol–water partition coefficient (Wildman–Crippen LogP) is 2.56. The van der Waals surface area contributed by atoms with Crippen molar-refractivity contribution in [3.05, 3.63) is 69.5 Å². The van der Waals surface area contributed by atoms with Crippen LogP contribution in [0.3, 0.4) is 0 Å². The van der Waals surface area contributed by atoms with Gasteiger partial charge in [0.2, 0.25) is 5.91 Å². The van der Waals surface area contributed by atoms with E-state index in [1.165, 1.54) is 10.2 Å². The summed E-state index contributed by atoms with van der Waals surface area (Å²) < 4.78 is 1.36. The summed E-state index contributed by atoms with van der Waals surface area (Å²) in [6.07, 6.45) is 2.58. The van der Waals surface area contributed by atoms with Gasteiger partial charge in [0.1, 0.15) is 6.04 Å². The molecule has 0 saturated carbocycles. The normalized spacial score (nSPS) is 20.0. The number of hydrogen-bond acceptors (Lipinski definition) is 5. The van der Waals surface area contributed by atoms with Crippen LogP contribution in [0.15, 0.2) is 47.3 Å². The van der Waals surface area contributed by atoms with Crippen molar-refractivity contribution in [2.45, 2.75) is 44.2 Å². The van der Waals surface area contributed by atoms with Crippen LogP contribution in [0.4, 0.5) is 0 Å². The lowest BCUT2D eigenvalue weighted by Crippen LogP contribution is -2.44. The Kier molecular flexibility index (Phi) is 5.56. The molecule has 0 aliphatic carbocycles. The zero-order valence-electron chi connectivity index (χ0n) is 18.2. The molecule has 8 nitrogen and oxygen atoms in total. The van der Waals surface area contributed by atoms with Gasteiger partial charge in [-0.1, -0.05) is 18.2 Å². The van der Waals surface area contributed by atoms with Gasteiger partial charge in [-0.2, -0.15) is 5.26 Å². The van der Waals surface area contributed by atoms with Crippen molar-refractivity contribution in [2.75, 3.05) is 13.1 Å². The van der Waals surface area contributed by atoms with Gasteiger partial charge in [-0.25, -0.2) is 4.68 Å². The van der Waals surface area contributed by atoms with Crippen LogP contribution in [-0.4, -0.2) is 39.6 Å². The Labute approximate surface area is 190 Å². The van der Waals surface area contributed by atoms with Crippen molar-refractivity contribution in [1.29, 1.82) is 5.26 Å². The van der Waals surface area contributed by atoms with Crippen LogP contribution in [0.5, 0.6) is 0 Å². The number of likely N-dealkylation sites (tertiary alicyclic amines) is 1. The van der Waals surface area contributed by atoms with Crippen LogP contribution < -0.4 is 10.9 Å². The Morgan fingerprint density at radius 3 is 2.61 bits per heavy atom. The smallest absolute Gasteiger partial charge is 0.275 e. The molecule has 2 amide bonds. The highest BCUT2D eigenvalue weighted by molar-refractivity contribution is 5.99. The molecular formula is C25H25N5O3. The summed E-state index contributed by atoms with van der Waals surface area (Å²) in [6.45, 7) is 2.77. The average molecular weight is 444 g/mol. The lowest BCUT2D eigenvalue weighted by Gasteiger charge is -2.32. The summed E-state index contributed by atoms with van der Waals surface area (Å²) in [4.78, 5) is 38.9. The van der Waals surface area contributed by atoms with E-state index in [0.717, 1.165) is 43.6 Å². The quantitative estimate of drug-likeness (QED) is 0.602. The fourth-order valence-corrected chi connectivity index (χ4v) is 4.97. The van der Waals surface area contributed by atoms with Crippen LogP contribution in [0, 0.1) is 11.3 Å². The topological polar surface area (TPSA) is 111 Å². The Bertz CT molecular complexity index is 1320. The number of nitrogens with zero attached hydrogens (tertiary/aromatic N) is 3. The summed E-state index contributed by atoms with van der Waals surface area (Å²) in [7, 11) is 0. The Morgan fingerprint density at radius 1 is 1.03 bits per heavy atom. The molecule has 1 atom stereocenters. The number of nitrogens with one attached hydrogen (secondary N) is 2. The molecule has 2 fully saturated rings. The number of aromatic amines is 1. The molecule has 2 saturated heterocycles. The zero-order valence-corrected chi connectivity index (χ0v) is 18.2. The van der Waals surface area contributed by atoms with Crippen LogP contribution in [0.2, 0.25) is 0 Å². The number of H-pyrrole nitrogens is 1. The molecule has 3 aromatic rings. The first-order chi connectivity index (χ1) is 16.0. The third-order valence-electron chi connectivity index (χ3n) is 6.78. The highest BCUT2D eigenvalue weighted by atomic mass is 16.2. The fraction of sp³-hybridized carbons (Fsp3) is 0.360. The summed E-state index contributed by atoms with van der Waals surface area (Å²) in [5, 5.41) is 15.1. The van der Waals surface area contributed by atoms with Gasteiger partial charge in [-0.15, -0.1) is 0 Å². The van der Waals surface area contributed by atoms with Crippen LogP contribution in [0.1, 0.15) is 54.3 Å². The van der Waals surface area contributed by atoms with Crippen molar-refractivity contribution in [3.8, 4) is 6.07 Å². The molecule has 1 unspecified atom stereocenters. The maximum Gasteiger partial charge on any atom is 0.275 e. The Balaban J connectivity index is 1.29. The second-order valence-corrected chi connectivity index (χ2v) is 8.92. The Hall–Kier alpha value is -3.70. The average Bonchev–Trinajstić information content (AvgIpc) is 3.15. The minimum Gasteiger partial charge on any atom is -0.299 e. The second kappa shape index (κ2) is 8.68. The number of amides is 2. The maximum absolute atomic E-state index is 12.8. The fourth-order valence-electron chi connectivity index (χ4n) is 4.97. The van der Waals surface area contributed by atoms with Crippen molar-refractivity contribution < 1.29 is 9.59 Å². The second-order valence-electron chi connectivity index (χ2n) is 8.92. The SMILES string of the molecule is N#Cc1cccc(CN2CCC(c3ccc4c(=O)n(C5CCC(=O)NC5=O)[nH]c4c3)CC2)c1. The lowest BCUT2D eigenvalue weighted by atomic mass is 9.89. The largest absolute Gasteiger partial charge is 0.299 e. The highest BCUT2D eigenvalue weighted by Gasteiger charge is 2.30. The predicted molar refractivity (Wildman–Crippen MR) is 122 cm³/mol. The van der Waals surface area contributed by atoms with E-state index in [-0.39, 0.29) is 17.9 Å². The molecule has 168 valence electrons. The molecule has 33 heavy (non-hydrogen) atoms. The number of benzene rings is 2. The van der Waals surface area contributed by atoms with Crippen molar-refractivity contribution >= 4 is 22.7 Å². The van der Waals surface area contributed by atoms with E-state index >= 15 is 0 Å². The third-order valence-corrected chi connectivity index (χ3v) is 6.78. The summed E-state index contributed by atoms with van der Waals surface area (Å²) in [6, 6.07) is 15.1. The standard InChI is InChI=1S/C25H25N5O3/c26-14-16-2-1-3-17(12-16)15-29-10-8-18(9-11-29)19-4-5-20-21(13-19)28-30(25(20)33)22-6-7-23(31)27-24(22)32/h1-5,12-13,18,22,28H,6-11,15H2,(H,27,31,32). The number of carbonyl (C=O) groups excluding carboxylic acids is 2. The van der Waals surface area contributed by atoms with E-state index in [1.807, 2.05) is 36.4 Å². The minimum absolute atomic E-state index is 0.225. The maximum atomic E-state index is 12.8. The number of hydrogen-bond donors (Lipinski definition) is 2. The molecule has 2 aliphatic heterocycles. The number of piperidine rings is 2. The number of fused-ring (bicyclic) bond motifs is 1. The van der Waals surface area contributed by atoms with E-state index in [2.05, 4.69) is 27.5 Å². The molecule has 2 aliphatic rings. The zero-order chi connectivity index (χ0) is 22.9. The van der Waals surface area contributed by atoms with Crippen molar-refractivity contribution in [1.82, 2.24) is 20.0 Å². The van der Waals surface area contributed by atoms with Crippen molar-refractivity contribution in [3.63, 3.8) is 0 Å². The van der Waals surface area contributed by atoms with Gasteiger partial charge < -0.3 is 0 Å². The molecule has 3 heterocycles. The van der Waals surface area contributed by atoms with Gasteiger partial charge in [0.25, 0.3) is 11.5 Å². The lowest BCUT2D eigenvalue weighted by molar-refractivity contribution is -0.136. The first kappa shape index (κ1) is 21.2. The first-order valence-electron chi connectivity index (χ1n) is 11.3. The van der Waals surface area contributed by atoms with Gasteiger partial charge in [-0.3, -0.25) is 29.7 Å². The van der Waals surface area contributed by atoms with Gasteiger partial charge in [0.05, 0.1) is 22.5 Å². The molecule has 0 bridgehead atoms. The Morgan fingerprint density at radius 2 is 1.85 bits per heavy atom. The number of rotatable bonds is 4. The van der Waals surface area contributed by atoms with E-state index in [4.69, 9.17) is 5.26 Å². The van der Waals surface area contributed by atoms with Gasteiger partial charge in [0, 0.05) is 13.0 Å². The number of imide groups is 1. The number of nitriles is 1. The summed E-state index contributed by atoms with van der Waals surface area (Å²) >= 11 is 0. The van der Waals surface area contributed by atoms with Gasteiger partial charge in [-0.05, 0) is 73.7 Å². The van der Waals surface area contributed by atoms with Crippen LogP contribution in [-0.2, 0) is 16.1 Å². The molecule has 2 aromatic carbocycles. The van der Waals surface area contributed by atoms with Crippen LogP contribution >= 0.6 is 0 Å². The molecule has 8 heteroatoms. The van der Waals surface area contributed by atoms with Gasteiger partial charge >= 0.3 is 0 Å². The molecule has 0 radical (unpaired) electrons. The monoisotopic (exact) mass is 443 g/mol. The van der Waals surface area contributed by atoms with E-state index in [0.29, 0.717) is 23.3 Å². The third kappa shape index (κ3) is 4.20. The molecule has 0 spiro atoms. The molecular weight excluding hydrogens is 418 g/mol.